The van der Waals surface area contributed by atoms with E-state index in [2.05, 4.69) is 5.32 Å². The molecule has 0 fully saturated rings. The van der Waals surface area contributed by atoms with Crippen molar-refractivity contribution in [1.82, 2.24) is 0 Å². The number of nitrogens with two attached hydrogens (primary N) is 1. The number of nitrogen functional groups attached to an aromatic ring is 1. The number of anilines is 3. The number of carbonyl (C=O) groups is 1. The van der Waals surface area contributed by atoms with E-state index >= 15 is 0 Å². The van der Waals surface area contributed by atoms with Crippen LogP contribution in [-0.4, -0.2) is 5.97 Å². The molecule has 0 saturated carbocycles. The second-order valence-electron chi connectivity index (χ2n) is 4.10. The van der Waals surface area contributed by atoms with E-state index in [9.17, 15) is 4.79 Å². The van der Waals surface area contributed by atoms with Crippen molar-refractivity contribution in [3.8, 4) is 5.75 Å². The summed E-state index contributed by atoms with van der Waals surface area (Å²) >= 11 is 11.8. The number of nitrogens with one attached hydrogen (secondary N) is 1. The topological polar surface area (TPSA) is 64.3 Å². The fourth-order valence-electron chi connectivity index (χ4n) is 1.60. The molecule has 2 aromatic rings. The summed E-state index contributed by atoms with van der Waals surface area (Å²) in [6.45, 7) is 1.35. The number of hydrogen-bond acceptors (Lipinski definition) is 4. The second-order valence-corrected chi connectivity index (χ2v) is 4.91. The molecule has 0 heterocycles. The normalized spacial score (nSPS) is 10.2. The zero-order valence-electron chi connectivity index (χ0n) is 10.6. The van der Waals surface area contributed by atoms with Gasteiger partial charge in [0, 0.05) is 12.6 Å². The van der Waals surface area contributed by atoms with Crippen molar-refractivity contribution < 1.29 is 9.53 Å². The number of carbonyl (C=O) groups excluding carboxylic acids is 1. The second kappa shape index (κ2) is 6.03. The summed E-state index contributed by atoms with van der Waals surface area (Å²) in [5.41, 5.74) is 7.78. The summed E-state index contributed by atoms with van der Waals surface area (Å²) < 4.78 is 4.95. The molecule has 3 N–H and O–H groups in total. The van der Waals surface area contributed by atoms with Crippen LogP contribution in [0.4, 0.5) is 17.1 Å². The van der Waals surface area contributed by atoms with Gasteiger partial charge in [0.1, 0.15) is 5.75 Å². The van der Waals surface area contributed by atoms with E-state index in [1.54, 1.807) is 36.4 Å². The number of halogens is 2. The molecule has 2 rings (SSSR count). The third kappa shape index (κ3) is 3.56. The maximum Gasteiger partial charge on any atom is 0.308 e. The van der Waals surface area contributed by atoms with Crippen LogP contribution < -0.4 is 15.8 Å². The lowest BCUT2D eigenvalue weighted by Crippen LogP contribution is -2.01. The molecule has 6 heteroatoms. The van der Waals surface area contributed by atoms with Crippen molar-refractivity contribution in [2.75, 3.05) is 11.1 Å². The zero-order chi connectivity index (χ0) is 14.7. The highest BCUT2D eigenvalue weighted by molar-refractivity contribution is 6.42. The highest BCUT2D eigenvalue weighted by Gasteiger charge is 2.06. The van der Waals surface area contributed by atoms with E-state index in [1.807, 2.05) is 0 Å². The number of esters is 1. The summed E-state index contributed by atoms with van der Waals surface area (Å²) in [7, 11) is 0. The van der Waals surface area contributed by atoms with Gasteiger partial charge in [0.25, 0.3) is 0 Å². The number of hydrogen-bond donors (Lipinski definition) is 2. The molecule has 2 aromatic carbocycles. The fraction of sp³-hybridized carbons (Fsp3) is 0.0714. The standard InChI is InChI=1S/C14H12Cl2N2O2/c1-8(19)20-10-4-2-9(3-5-10)18-14-7-12(16)11(15)6-13(14)17/h2-7,18H,17H2,1H3. The minimum Gasteiger partial charge on any atom is -0.427 e. The van der Waals surface area contributed by atoms with E-state index in [0.29, 0.717) is 27.2 Å². The monoisotopic (exact) mass is 310 g/mol. The van der Waals surface area contributed by atoms with E-state index in [4.69, 9.17) is 33.7 Å². The minimum atomic E-state index is -0.362. The lowest BCUT2D eigenvalue weighted by molar-refractivity contribution is -0.131. The van der Waals surface area contributed by atoms with Crippen LogP contribution in [0.25, 0.3) is 0 Å². The SMILES string of the molecule is CC(=O)Oc1ccc(Nc2cc(Cl)c(Cl)cc2N)cc1. The Morgan fingerprint density at radius 2 is 1.75 bits per heavy atom. The fourth-order valence-corrected chi connectivity index (χ4v) is 1.93. The molecule has 0 aliphatic carbocycles. The van der Waals surface area contributed by atoms with Gasteiger partial charge in [-0.3, -0.25) is 4.79 Å². The van der Waals surface area contributed by atoms with Crippen LogP contribution in [0, 0.1) is 0 Å². The Bertz CT molecular complexity index is 642. The quantitative estimate of drug-likeness (QED) is 0.505. The van der Waals surface area contributed by atoms with Gasteiger partial charge in [-0.25, -0.2) is 0 Å². The van der Waals surface area contributed by atoms with Crippen LogP contribution in [0.5, 0.6) is 5.75 Å². The highest BCUT2D eigenvalue weighted by atomic mass is 35.5. The van der Waals surface area contributed by atoms with Crippen LogP contribution in [0.2, 0.25) is 10.0 Å². The highest BCUT2D eigenvalue weighted by Crippen LogP contribution is 2.32. The van der Waals surface area contributed by atoms with E-state index in [1.165, 1.54) is 6.92 Å². The number of ether oxygens (including phenoxy) is 1. The van der Waals surface area contributed by atoms with Crippen molar-refractivity contribution in [2.45, 2.75) is 6.92 Å². The minimum absolute atomic E-state index is 0.362. The van der Waals surface area contributed by atoms with Gasteiger partial charge in [-0.1, -0.05) is 23.2 Å². The first-order chi connectivity index (χ1) is 9.45. The molecule has 4 nitrogen and oxygen atoms in total. The van der Waals surface area contributed by atoms with Gasteiger partial charge >= 0.3 is 5.97 Å². The summed E-state index contributed by atoms with van der Waals surface area (Å²) in [6.07, 6.45) is 0. The summed E-state index contributed by atoms with van der Waals surface area (Å²) in [5, 5.41) is 3.93. The first kappa shape index (κ1) is 14.5. The molecule has 0 aromatic heterocycles. The first-order valence-corrected chi connectivity index (χ1v) is 6.51. The largest absolute Gasteiger partial charge is 0.427 e. The molecule has 0 amide bonds. The molecular formula is C14H12Cl2N2O2. The van der Waals surface area contributed by atoms with E-state index in [0.717, 1.165) is 5.69 Å². The Hall–Kier alpha value is -1.91. The van der Waals surface area contributed by atoms with Crippen molar-refractivity contribution in [3.63, 3.8) is 0 Å². The van der Waals surface area contributed by atoms with Crippen LogP contribution in [0.1, 0.15) is 6.92 Å². The Balaban J connectivity index is 2.18. The summed E-state index contributed by atoms with van der Waals surface area (Å²) in [6, 6.07) is 10.1. The van der Waals surface area contributed by atoms with Gasteiger partial charge in [-0.05, 0) is 36.4 Å². The lowest BCUT2D eigenvalue weighted by Gasteiger charge is -2.11. The number of benzene rings is 2. The molecule has 0 saturated heterocycles. The average molecular weight is 311 g/mol. The van der Waals surface area contributed by atoms with Gasteiger partial charge in [0.2, 0.25) is 0 Å². The molecule has 104 valence electrons. The zero-order valence-corrected chi connectivity index (χ0v) is 12.1. The van der Waals surface area contributed by atoms with Gasteiger partial charge < -0.3 is 15.8 Å². The van der Waals surface area contributed by atoms with E-state index in [-0.39, 0.29) is 5.97 Å². The van der Waals surface area contributed by atoms with Gasteiger partial charge in [-0.15, -0.1) is 0 Å². The Labute approximate surface area is 126 Å². The molecule has 0 bridgehead atoms. The third-order valence-corrected chi connectivity index (χ3v) is 3.21. The predicted octanol–water partition coefficient (Wildman–Crippen LogP) is 4.24. The van der Waals surface area contributed by atoms with Crippen LogP contribution in [0.15, 0.2) is 36.4 Å². The van der Waals surface area contributed by atoms with Crippen LogP contribution >= 0.6 is 23.2 Å². The first-order valence-electron chi connectivity index (χ1n) is 5.76. The van der Waals surface area contributed by atoms with Gasteiger partial charge in [0.15, 0.2) is 0 Å². The molecular weight excluding hydrogens is 299 g/mol. The Morgan fingerprint density at radius 3 is 2.35 bits per heavy atom. The smallest absolute Gasteiger partial charge is 0.308 e. The van der Waals surface area contributed by atoms with Crippen molar-refractivity contribution >= 4 is 46.2 Å². The Kier molecular flexibility index (Phi) is 4.37. The Morgan fingerprint density at radius 1 is 1.15 bits per heavy atom. The predicted molar refractivity (Wildman–Crippen MR) is 81.9 cm³/mol. The molecule has 0 aliphatic rings. The van der Waals surface area contributed by atoms with Crippen molar-refractivity contribution in [3.05, 3.63) is 46.4 Å². The van der Waals surface area contributed by atoms with E-state index < -0.39 is 0 Å². The molecule has 0 spiro atoms. The maximum atomic E-state index is 10.8. The van der Waals surface area contributed by atoms with Gasteiger partial charge in [-0.2, -0.15) is 0 Å². The van der Waals surface area contributed by atoms with Crippen molar-refractivity contribution in [2.24, 2.45) is 0 Å². The number of rotatable bonds is 3. The molecule has 0 radical (unpaired) electrons. The molecule has 0 atom stereocenters. The lowest BCUT2D eigenvalue weighted by atomic mass is 10.2. The average Bonchev–Trinajstić information content (AvgIpc) is 2.37. The third-order valence-electron chi connectivity index (χ3n) is 2.49. The molecule has 0 unspecified atom stereocenters. The maximum absolute atomic E-state index is 10.8. The molecule has 20 heavy (non-hydrogen) atoms. The summed E-state index contributed by atoms with van der Waals surface area (Å²) in [5.74, 6) is 0.115. The van der Waals surface area contributed by atoms with Crippen LogP contribution in [0.3, 0.4) is 0 Å². The van der Waals surface area contributed by atoms with Crippen molar-refractivity contribution in [1.29, 1.82) is 0 Å². The molecule has 0 aliphatic heterocycles. The van der Waals surface area contributed by atoms with Crippen LogP contribution in [-0.2, 0) is 4.79 Å². The van der Waals surface area contributed by atoms with Gasteiger partial charge in [0.05, 0.1) is 21.4 Å². The summed E-state index contributed by atoms with van der Waals surface area (Å²) in [4.78, 5) is 10.8.